The minimum atomic E-state index is 0.457. The average molecular weight is 157 g/mol. The summed E-state index contributed by atoms with van der Waals surface area (Å²) in [6.07, 6.45) is 5.38. The summed E-state index contributed by atoms with van der Waals surface area (Å²) in [6.45, 7) is 3.91. The van der Waals surface area contributed by atoms with Gasteiger partial charge in [-0.1, -0.05) is 6.92 Å². The predicted molar refractivity (Wildman–Crippen MR) is 46.4 cm³/mol. The van der Waals surface area contributed by atoms with Crippen LogP contribution >= 0.6 is 0 Å². The van der Waals surface area contributed by atoms with Gasteiger partial charge in [0, 0.05) is 6.61 Å². The Balaban J connectivity index is 2.30. The molecule has 2 unspecified atom stereocenters. The number of hydrogen-bond donors (Lipinski definition) is 1. The van der Waals surface area contributed by atoms with Crippen molar-refractivity contribution in [2.24, 2.45) is 11.7 Å². The fraction of sp³-hybridized carbons (Fsp3) is 1.00. The molecular formula is C9H19NO. The predicted octanol–water partition coefficient (Wildman–Crippen LogP) is 1.54. The number of hydrogen-bond acceptors (Lipinski definition) is 2. The summed E-state index contributed by atoms with van der Waals surface area (Å²) in [4.78, 5) is 0. The van der Waals surface area contributed by atoms with Crippen molar-refractivity contribution in [3.63, 3.8) is 0 Å². The van der Waals surface area contributed by atoms with Gasteiger partial charge >= 0.3 is 0 Å². The fourth-order valence-corrected chi connectivity index (χ4v) is 1.72. The molecule has 1 heterocycles. The largest absolute Gasteiger partial charge is 0.378 e. The minimum Gasteiger partial charge on any atom is -0.378 e. The third-order valence-electron chi connectivity index (χ3n) is 2.57. The zero-order chi connectivity index (χ0) is 8.10. The molecule has 0 saturated carbocycles. The van der Waals surface area contributed by atoms with E-state index in [1.807, 2.05) is 0 Å². The molecule has 0 aromatic carbocycles. The van der Waals surface area contributed by atoms with Gasteiger partial charge in [-0.05, 0) is 38.1 Å². The van der Waals surface area contributed by atoms with Gasteiger partial charge in [0.25, 0.3) is 0 Å². The van der Waals surface area contributed by atoms with Crippen LogP contribution in [-0.4, -0.2) is 19.3 Å². The molecule has 1 rings (SSSR count). The monoisotopic (exact) mass is 157 g/mol. The normalized spacial score (nSPS) is 28.4. The Morgan fingerprint density at radius 2 is 2.36 bits per heavy atom. The van der Waals surface area contributed by atoms with Gasteiger partial charge in [-0.3, -0.25) is 0 Å². The molecular weight excluding hydrogens is 138 g/mol. The van der Waals surface area contributed by atoms with Gasteiger partial charge in [-0.25, -0.2) is 0 Å². The highest BCUT2D eigenvalue weighted by Crippen LogP contribution is 2.21. The third-order valence-corrected chi connectivity index (χ3v) is 2.57. The summed E-state index contributed by atoms with van der Waals surface area (Å²) in [6, 6.07) is 0. The summed E-state index contributed by atoms with van der Waals surface area (Å²) in [5.74, 6) is 0.593. The van der Waals surface area contributed by atoms with Crippen LogP contribution in [0.2, 0.25) is 0 Å². The minimum absolute atomic E-state index is 0.457. The highest BCUT2D eigenvalue weighted by atomic mass is 16.5. The molecule has 66 valence electrons. The van der Waals surface area contributed by atoms with E-state index in [9.17, 15) is 0 Å². The van der Waals surface area contributed by atoms with E-state index in [1.165, 1.54) is 19.3 Å². The van der Waals surface area contributed by atoms with Gasteiger partial charge in [0.2, 0.25) is 0 Å². The summed E-state index contributed by atoms with van der Waals surface area (Å²) in [7, 11) is 0. The number of ether oxygens (including phenoxy) is 1. The summed E-state index contributed by atoms with van der Waals surface area (Å²) in [5.41, 5.74) is 5.63. The Labute approximate surface area is 69.1 Å². The smallest absolute Gasteiger partial charge is 0.0615 e. The van der Waals surface area contributed by atoms with E-state index in [0.29, 0.717) is 12.0 Å². The maximum atomic E-state index is 5.64. The van der Waals surface area contributed by atoms with Crippen LogP contribution in [0.15, 0.2) is 0 Å². The molecule has 1 saturated heterocycles. The van der Waals surface area contributed by atoms with E-state index in [0.717, 1.165) is 19.6 Å². The fourth-order valence-electron chi connectivity index (χ4n) is 1.72. The van der Waals surface area contributed by atoms with Crippen molar-refractivity contribution in [1.29, 1.82) is 0 Å². The van der Waals surface area contributed by atoms with Crippen molar-refractivity contribution in [2.45, 2.75) is 38.7 Å². The SMILES string of the molecule is CCC(CN)C1CCCCO1. The van der Waals surface area contributed by atoms with Gasteiger partial charge < -0.3 is 10.5 Å². The van der Waals surface area contributed by atoms with Crippen LogP contribution in [0.25, 0.3) is 0 Å². The molecule has 0 aromatic rings. The molecule has 0 amide bonds. The van der Waals surface area contributed by atoms with E-state index in [-0.39, 0.29) is 0 Å². The molecule has 0 radical (unpaired) electrons. The molecule has 2 heteroatoms. The van der Waals surface area contributed by atoms with Crippen LogP contribution in [0.4, 0.5) is 0 Å². The zero-order valence-corrected chi connectivity index (χ0v) is 7.38. The third kappa shape index (κ3) is 2.46. The van der Waals surface area contributed by atoms with Crippen LogP contribution in [0.5, 0.6) is 0 Å². The van der Waals surface area contributed by atoms with Crippen molar-refractivity contribution in [3.8, 4) is 0 Å². The Morgan fingerprint density at radius 3 is 2.82 bits per heavy atom. The summed E-state index contributed by atoms with van der Waals surface area (Å²) < 4.78 is 5.64. The van der Waals surface area contributed by atoms with E-state index >= 15 is 0 Å². The second-order valence-electron chi connectivity index (χ2n) is 3.31. The lowest BCUT2D eigenvalue weighted by Crippen LogP contribution is -2.32. The van der Waals surface area contributed by atoms with Gasteiger partial charge in [0.05, 0.1) is 6.10 Å². The molecule has 1 fully saturated rings. The van der Waals surface area contributed by atoms with E-state index in [1.54, 1.807) is 0 Å². The van der Waals surface area contributed by atoms with Crippen molar-refractivity contribution in [3.05, 3.63) is 0 Å². The maximum Gasteiger partial charge on any atom is 0.0615 e. The van der Waals surface area contributed by atoms with Crippen molar-refractivity contribution in [1.82, 2.24) is 0 Å². The molecule has 0 aromatic heterocycles. The molecule has 0 bridgehead atoms. The van der Waals surface area contributed by atoms with Crippen LogP contribution in [0.1, 0.15) is 32.6 Å². The molecule has 11 heavy (non-hydrogen) atoms. The van der Waals surface area contributed by atoms with Crippen LogP contribution in [-0.2, 0) is 4.74 Å². The molecule has 1 aliphatic heterocycles. The molecule has 2 N–H and O–H groups in total. The molecule has 0 spiro atoms. The average Bonchev–Trinajstić information content (AvgIpc) is 2.09. The van der Waals surface area contributed by atoms with Gasteiger partial charge in [0.15, 0.2) is 0 Å². The topological polar surface area (TPSA) is 35.2 Å². The first-order chi connectivity index (χ1) is 5.38. The second-order valence-corrected chi connectivity index (χ2v) is 3.31. The molecule has 2 nitrogen and oxygen atoms in total. The van der Waals surface area contributed by atoms with Crippen LogP contribution < -0.4 is 5.73 Å². The van der Waals surface area contributed by atoms with E-state index in [4.69, 9.17) is 10.5 Å². The second kappa shape index (κ2) is 4.73. The van der Waals surface area contributed by atoms with Crippen LogP contribution in [0.3, 0.4) is 0 Å². The lowest BCUT2D eigenvalue weighted by molar-refractivity contribution is -0.0194. The first kappa shape index (κ1) is 9.01. The Bertz CT molecular complexity index is 95.7. The summed E-state index contributed by atoms with van der Waals surface area (Å²) in [5, 5.41) is 0. The lowest BCUT2D eigenvalue weighted by Gasteiger charge is -2.28. The van der Waals surface area contributed by atoms with Crippen molar-refractivity contribution < 1.29 is 4.74 Å². The van der Waals surface area contributed by atoms with Crippen LogP contribution in [0, 0.1) is 5.92 Å². The Hall–Kier alpha value is -0.0800. The number of rotatable bonds is 3. The van der Waals surface area contributed by atoms with E-state index < -0.39 is 0 Å². The molecule has 2 atom stereocenters. The molecule has 1 aliphatic rings. The standard InChI is InChI=1S/C9H19NO/c1-2-8(7-10)9-5-3-4-6-11-9/h8-9H,2-7,10H2,1H3. The zero-order valence-electron chi connectivity index (χ0n) is 7.38. The first-order valence-corrected chi connectivity index (χ1v) is 4.70. The van der Waals surface area contributed by atoms with Crippen molar-refractivity contribution in [2.75, 3.05) is 13.2 Å². The quantitative estimate of drug-likeness (QED) is 0.674. The highest BCUT2D eigenvalue weighted by Gasteiger charge is 2.21. The highest BCUT2D eigenvalue weighted by molar-refractivity contribution is 4.72. The van der Waals surface area contributed by atoms with Gasteiger partial charge in [0.1, 0.15) is 0 Å². The molecule has 0 aliphatic carbocycles. The number of nitrogens with two attached hydrogens (primary N) is 1. The van der Waals surface area contributed by atoms with Gasteiger partial charge in [-0.2, -0.15) is 0 Å². The lowest BCUT2D eigenvalue weighted by atomic mass is 9.94. The van der Waals surface area contributed by atoms with Gasteiger partial charge in [-0.15, -0.1) is 0 Å². The van der Waals surface area contributed by atoms with Crippen molar-refractivity contribution >= 4 is 0 Å². The van der Waals surface area contributed by atoms with E-state index in [2.05, 4.69) is 6.92 Å². The first-order valence-electron chi connectivity index (χ1n) is 4.70. The summed E-state index contributed by atoms with van der Waals surface area (Å²) >= 11 is 0. The maximum absolute atomic E-state index is 5.64. The Kier molecular flexibility index (Phi) is 3.87. The Morgan fingerprint density at radius 1 is 1.55 bits per heavy atom.